The van der Waals surface area contributed by atoms with Gasteiger partial charge in [-0.25, -0.2) is 4.98 Å². The molecular formula is C10H15N3O4. The van der Waals surface area contributed by atoms with Crippen LogP contribution in [0.2, 0.25) is 0 Å². The van der Waals surface area contributed by atoms with Crippen molar-refractivity contribution < 1.29 is 19.8 Å². The van der Waals surface area contributed by atoms with Crippen LogP contribution in [-0.4, -0.2) is 43.8 Å². The van der Waals surface area contributed by atoms with Crippen molar-refractivity contribution in [3.63, 3.8) is 0 Å². The third kappa shape index (κ3) is 3.87. The van der Waals surface area contributed by atoms with E-state index in [1.165, 1.54) is 24.0 Å². The summed E-state index contributed by atoms with van der Waals surface area (Å²) in [6, 6.07) is 0. The molecule has 7 heteroatoms. The maximum absolute atomic E-state index is 11.6. The molecule has 0 aliphatic carbocycles. The SMILES string of the molecule is Cn1cncc1C(=O)NCC(C)(O)CC(=O)O. The lowest BCUT2D eigenvalue weighted by atomic mass is 10.0. The molecule has 1 atom stereocenters. The maximum atomic E-state index is 11.6. The van der Waals surface area contributed by atoms with Crippen LogP contribution >= 0.6 is 0 Å². The van der Waals surface area contributed by atoms with E-state index in [1.807, 2.05) is 0 Å². The molecule has 0 spiro atoms. The van der Waals surface area contributed by atoms with Gasteiger partial charge in [0.1, 0.15) is 5.69 Å². The molecule has 94 valence electrons. The number of aliphatic carboxylic acids is 1. The van der Waals surface area contributed by atoms with Crippen molar-refractivity contribution in [3.8, 4) is 0 Å². The number of carboxylic acids is 1. The van der Waals surface area contributed by atoms with Crippen LogP contribution in [0.25, 0.3) is 0 Å². The molecule has 1 amide bonds. The molecule has 0 aliphatic heterocycles. The van der Waals surface area contributed by atoms with Gasteiger partial charge in [-0.1, -0.05) is 0 Å². The van der Waals surface area contributed by atoms with Crippen molar-refractivity contribution in [2.75, 3.05) is 6.54 Å². The molecule has 0 aromatic carbocycles. The van der Waals surface area contributed by atoms with Gasteiger partial charge >= 0.3 is 5.97 Å². The van der Waals surface area contributed by atoms with E-state index in [1.54, 1.807) is 7.05 Å². The predicted octanol–water partition coefficient (Wildman–Crippen LogP) is -0.624. The van der Waals surface area contributed by atoms with E-state index in [2.05, 4.69) is 10.3 Å². The van der Waals surface area contributed by atoms with Crippen LogP contribution in [0.15, 0.2) is 12.5 Å². The lowest BCUT2D eigenvalue weighted by molar-refractivity contribution is -0.141. The highest BCUT2D eigenvalue weighted by atomic mass is 16.4. The number of aryl methyl sites for hydroxylation is 1. The molecule has 0 radical (unpaired) electrons. The molecule has 17 heavy (non-hydrogen) atoms. The third-order valence-corrected chi connectivity index (χ3v) is 2.21. The number of aromatic nitrogens is 2. The number of amides is 1. The quantitative estimate of drug-likeness (QED) is 0.637. The number of rotatable bonds is 5. The van der Waals surface area contributed by atoms with Crippen LogP contribution in [0.4, 0.5) is 0 Å². The molecule has 0 aliphatic rings. The lowest BCUT2D eigenvalue weighted by Crippen LogP contribution is -2.42. The number of carboxylic acid groups (broad SMARTS) is 1. The third-order valence-electron chi connectivity index (χ3n) is 2.21. The largest absolute Gasteiger partial charge is 0.481 e. The Balaban J connectivity index is 2.54. The summed E-state index contributed by atoms with van der Waals surface area (Å²) >= 11 is 0. The Hall–Kier alpha value is -1.89. The molecule has 1 aromatic heterocycles. The molecule has 1 heterocycles. The molecule has 1 unspecified atom stereocenters. The molecule has 0 saturated carbocycles. The first-order valence-corrected chi connectivity index (χ1v) is 5.00. The number of aliphatic hydroxyl groups is 1. The van der Waals surface area contributed by atoms with Crippen LogP contribution < -0.4 is 5.32 Å². The van der Waals surface area contributed by atoms with Crippen LogP contribution in [-0.2, 0) is 11.8 Å². The zero-order chi connectivity index (χ0) is 13.1. The van der Waals surface area contributed by atoms with E-state index >= 15 is 0 Å². The highest BCUT2D eigenvalue weighted by Crippen LogP contribution is 2.08. The minimum atomic E-state index is -1.47. The second kappa shape index (κ2) is 4.96. The second-order valence-electron chi connectivity index (χ2n) is 4.14. The van der Waals surface area contributed by atoms with Gasteiger partial charge in [0.2, 0.25) is 0 Å². The maximum Gasteiger partial charge on any atom is 0.306 e. The van der Waals surface area contributed by atoms with E-state index in [9.17, 15) is 14.7 Å². The first-order chi connectivity index (χ1) is 7.82. The van der Waals surface area contributed by atoms with Gasteiger partial charge in [0, 0.05) is 13.6 Å². The zero-order valence-corrected chi connectivity index (χ0v) is 9.67. The monoisotopic (exact) mass is 241 g/mol. The average molecular weight is 241 g/mol. The van der Waals surface area contributed by atoms with Crippen LogP contribution in [0, 0.1) is 0 Å². The van der Waals surface area contributed by atoms with Gasteiger partial charge < -0.3 is 20.1 Å². The fraction of sp³-hybridized carbons (Fsp3) is 0.500. The van der Waals surface area contributed by atoms with Gasteiger partial charge in [-0.2, -0.15) is 0 Å². The summed E-state index contributed by atoms with van der Waals surface area (Å²) in [6.07, 6.45) is 2.43. The molecule has 7 nitrogen and oxygen atoms in total. The first kappa shape index (κ1) is 13.2. The van der Waals surface area contributed by atoms with E-state index in [-0.39, 0.29) is 6.54 Å². The van der Waals surface area contributed by atoms with E-state index in [0.717, 1.165) is 0 Å². The summed E-state index contributed by atoms with van der Waals surface area (Å²) in [6.45, 7) is 1.22. The molecule has 3 N–H and O–H groups in total. The van der Waals surface area contributed by atoms with Crippen LogP contribution in [0.5, 0.6) is 0 Å². The van der Waals surface area contributed by atoms with Gasteiger partial charge in [0.15, 0.2) is 0 Å². The van der Waals surface area contributed by atoms with Gasteiger partial charge in [0.25, 0.3) is 5.91 Å². The number of hydrogen-bond acceptors (Lipinski definition) is 4. The number of carbonyl (C=O) groups is 2. The minimum absolute atomic E-state index is 0.136. The first-order valence-electron chi connectivity index (χ1n) is 5.00. The highest BCUT2D eigenvalue weighted by Gasteiger charge is 2.25. The topological polar surface area (TPSA) is 104 Å². The van der Waals surface area contributed by atoms with E-state index in [0.29, 0.717) is 5.69 Å². The van der Waals surface area contributed by atoms with Gasteiger partial charge in [-0.05, 0) is 6.92 Å². The predicted molar refractivity (Wildman–Crippen MR) is 58.4 cm³/mol. The summed E-state index contributed by atoms with van der Waals surface area (Å²) in [5, 5.41) is 20.7. The van der Waals surface area contributed by atoms with Crippen molar-refractivity contribution >= 4 is 11.9 Å². The molecule has 0 bridgehead atoms. The normalized spacial score (nSPS) is 14.1. The van der Waals surface area contributed by atoms with Crippen molar-refractivity contribution in [2.45, 2.75) is 18.9 Å². The van der Waals surface area contributed by atoms with E-state index < -0.39 is 23.9 Å². The molecular weight excluding hydrogens is 226 g/mol. The minimum Gasteiger partial charge on any atom is -0.481 e. The number of nitrogens with zero attached hydrogens (tertiary/aromatic N) is 2. The summed E-state index contributed by atoms with van der Waals surface area (Å²) < 4.78 is 1.53. The highest BCUT2D eigenvalue weighted by molar-refractivity contribution is 5.92. The average Bonchev–Trinajstić information content (AvgIpc) is 2.59. The Labute approximate surface area is 98.1 Å². The lowest BCUT2D eigenvalue weighted by Gasteiger charge is -2.21. The van der Waals surface area contributed by atoms with Crippen molar-refractivity contribution in [3.05, 3.63) is 18.2 Å². The zero-order valence-electron chi connectivity index (χ0n) is 9.67. The van der Waals surface area contributed by atoms with Crippen LogP contribution in [0.3, 0.4) is 0 Å². The number of nitrogens with one attached hydrogen (secondary N) is 1. The summed E-state index contributed by atoms with van der Waals surface area (Å²) in [7, 11) is 1.66. The molecule has 1 aromatic rings. The van der Waals surface area contributed by atoms with Gasteiger partial charge in [-0.3, -0.25) is 9.59 Å². The number of hydrogen-bond donors (Lipinski definition) is 3. The summed E-state index contributed by atoms with van der Waals surface area (Å²) in [5.74, 6) is -1.53. The Bertz CT molecular complexity index is 425. The second-order valence-corrected chi connectivity index (χ2v) is 4.14. The Morgan fingerprint density at radius 3 is 2.71 bits per heavy atom. The Kier molecular flexibility index (Phi) is 3.84. The summed E-state index contributed by atoms with van der Waals surface area (Å²) in [5.41, 5.74) is -1.13. The van der Waals surface area contributed by atoms with Crippen molar-refractivity contribution in [1.82, 2.24) is 14.9 Å². The summed E-state index contributed by atoms with van der Waals surface area (Å²) in [4.78, 5) is 25.9. The number of imidazole rings is 1. The van der Waals surface area contributed by atoms with Gasteiger partial charge in [0.05, 0.1) is 24.5 Å². The smallest absolute Gasteiger partial charge is 0.306 e. The molecule has 0 saturated heterocycles. The number of carbonyl (C=O) groups excluding carboxylic acids is 1. The van der Waals surface area contributed by atoms with E-state index in [4.69, 9.17) is 5.11 Å². The molecule has 0 fully saturated rings. The van der Waals surface area contributed by atoms with Crippen molar-refractivity contribution in [2.24, 2.45) is 7.05 Å². The Morgan fingerprint density at radius 1 is 1.59 bits per heavy atom. The van der Waals surface area contributed by atoms with Gasteiger partial charge in [-0.15, -0.1) is 0 Å². The fourth-order valence-electron chi connectivity index (χ4n) is 1.33. The standard InChI is InChI=1S/C10H15N3O4/c1-10(17,3-8(14)15)5-12-9(16)7-4-11-6-13(7)2/h4,6,17H,3,5H2,1-2H3,(H,12,16)(H,14,15). The van der Waals surface area contributed by atoms with Crippen molar-refractivity contribution in [1.29, 1.82) is 0 Å². The van der Waals surface area contributed by atoms with Crippen LogP contribution in [0.1, 0.15) is 23.8 Å². The molecule has 1 rings (SSSR count). The fourth-order valence-corrected chi connectivity index (χ4v) is 1.33. The Morgan fingerprint density at radius 2 is 2.24 bits per heavy atom.